The highest BCUT2D eigenvalue weighted by Crippen LogP contribution is 2.09. The summed E-state index contributed by atoms with van der Waals surface area (Å²) < 4.78 is 14.9. The molecule has 0 spiro atoms. The molecule has 0 N–H and O–H groups in total. The molecule has 3 nitrogen and oxygen atoms in total. The highest BCUT2D eigenvalue weighted by Gasteiger charge is 2.08. The van der Waals surface area contributed by atoms with Gasteiger partial charge >= 0.3 is 0 Å². The van der Waals surface area contributed by atoms with Crippen molar-refractivity contribution in [1.82, 2.24) is 4.57 Å². The van der Waals surface area contributed by atoms with Gasteiger partial charge in [-0.05, 0) is 46.6 Å². The molecule has 20 heavy (non-hydrogen) atoms. The topological polar surface area (TPSA) is 39.1 Å². The average molecular weight is 338 g/mol. The first-order valence-corrected chi connectivity index (χ1v) is 6.88. The first kappa shape index (κ1) is 14.7. The van der Waals surface area contributed by atoms with Crippen molar-refractivity contribution in [2.45, 2.75) is 19.9 Å². The Hall–Kier alpha value is -1.75. The number of aromatic nitrogens is 1. The molecule has 0 aliphatic rings. The number of hydrogen-bond acceptors (Lipinski definition) is 2. The van der Waals surface area contributed by atoms with E-state index in [-0.39, 0.29) is 30.1 Å². The van der Waals surface area contributed by atoms with Crippen LogP contribution in [0.1, 0.15) is 11.1 Å². The number of carbonyl (C=O) groups excluding carboxylic acids is 1. The van der Waals surface area contributed by atoms with Crippen LogP contribution < -0.4 is 5.56 Å². The molecule has 0 unspecified atom stereocenters. The Morgan fingerprint density at radius 2 is 1.95 bits per heavy atom. The van der Waals surface area contributed by atoms with Crippen molar-refractivity contribution in [3.63, 3.8) is 0 Å². The van der Waals surface area contributed by atoms with Gasteiger partial charge < -0.3 is 4.57 Å². The predicted molar refractivity (Wildman–Crippen MR) is 78.3 cm³/mol. The molecular weight excluding hydrogens is 325 g/mol. The second kappa shape index (κ2) is 6.13. The van der Waals surface area contributed by atoms with Crippen LogP contribution in [0.5, 0.6) is 0 Å². The summed E-state index contributed by atoms with van der Waals surface area (Å²) in [6, 6.07) is 7.49. The van der Waals surface area contributed by atoms with Crippen molar-refractivity contribution in [3.8, 4) is 0 Å². The Kier molecular flexibility index (Phi) is 4.49. The molecule has 0 fully saturated rings. The number of aryl methyl sites for hydroxylation is 1. The predicted octanol–water partition coefficient (Wildman–Crippen LogP) is 2.87. The van der Waals surface area contributed by atoms with Gasteiger partial charge in [0.25, 0.3) is 5.56 Å². The largest absolute Gasteiger partial charge is 0.307 e. The van der Waals surface area contributed by atoms with E-state index in [4.69, 9.17) is 0 Å². The van der Waals surface area contributed by atoms with E-state index in [0.29, 0.717) is 5.56 Å². The quantitative estimate of drug-likeness (QED) is 0.860. The summed E-state index contributed by atoms with van der Waals surface area (Å²) >= 11 is 3.30. The molecule has 0 saturated heterocycles. The van der Waals surface area contributed by atoms with Gasteiger partial charge in [-0.15, -0.1) is 0 Å². The highest BCUT2D eigenvalue weighted by atomic mass is 79.9. The van der Waals surface area contributed by atoms with Crippen LogP contribution in [0.3, 0.4) is 0 Å². The van der Waals surface area contributed by atoms with Gasteiger partial charge in [0.15, 0.2) is 5.78 Å². The van der Waals surface area contributed by atoms with E-state index in [0.717, 1.165) is 10.0 Å². The SMILES string of the molecule is Cc1cc(Br)cn(CC(=O)Cc2ccc(F)cc2)c1=O. The monoisotopic (exact) mass is 337 g/mol. The summed E-state index contributed by atoms with van der Waals surface area (Å²) in [5.41, 5.74) is 1.13. The number of ketones is 1. The van der Waals surface area contributed by atoms with Crippen LogP contribution in [0.25, 0.3) is 0 Å². The van der Waals surface area contributed by atoms with Crippen molar-refractivity contribution < 1.29 is 9.18 Å². The Morgan fingerprint density at radius 3 is 2.60 bits per heavy atom. The van der Waals surface area contributed by atoms with Crippen LogP contribution in [0.4, 0.5) is 4.39 Å². The summed E-state index contributed by atoms with van der Waals surface area (Å²) in [4.78, 5) is 23.9. The minimum Gasteiger partial charge on any atom is -0.307 e. The van der Waals surface area contributed by atoms with Gasteiger partial charge in [0, 0.05) is 22.7 Å². The number of halogens is 2. The Bertz CT molecular complexity index is 692. The van der Waals surface area contributed by atoms with Crippen molar-refractivity contribution >= 4 is 21.7 Å². The van der Waals surface area contributed by atoms with Gasteiger partial charge in [0.2, 0.25) is 0 Å². The minimum atomic E-state index is -0.333. The van der Waals surface area contributed by atoms with Crippen molar-refractivity contribution in [2.75, 3.05) is 0 Å². The second-order valence-electron chi connectivity index (χ2n) is 4.62. The summed E-state index contributed by atoms with van der Waals surface area (Å²) in [7, 11) is 0. The maximum absolute atomic E-state index is 12.8. The standard InChI is InChI=1S/C15H13BrFNO2/c1-10-6-12(16)8-18(15(10)20)9-14(19)7-11-2-4-13(17)5-3-11/h2-6,8H,7,9H2,1H3. The number of nitrogens with zero attached hydrogens (tertiary/aromatic N) is 1. The number of rotatable bonds is 4. The number of pyridine rings is 1. The molecule has 1 heterocycles. The molecule has 5 heteroatoms. The molecule has 0 radical (unpaired) electrons. The van der Waals surface area contributed by atoms with Crippen LogP contribution in [0, 0.1) is 12.7 Å². The molecular formula is C15H13BrFNO2. The van der Waals surface area contributed by atoms with E-state index in [1.807, 2.05) is 0 Å². The maximum Gasteiger partial charge on any atom is 0.253 e. The summed E-state index contributed by atoms with van der Waals surface area (Å²) in [5, 5.41) is 0. The lowest BCUT2D eigenvalue weighted by molar-refractivity contribution is -0.119. The molecule has 0 aliphatic carbocycles. The van der Waals surface area contributed by atoms with Crippen molar-refractivity contribution in [3.05, 3.63) is 68.3 Å². The van der Waals surface area contributed by atoms with Gasteiger partial charge in [-0.2, -0.15) is 0 Å². The van der Waals surface area contributed by atoms with Gasteiger partial charge in [-0.1, -0.05) is 12.1 Å². The van der Waals surface area contributed by atoms with E-state index >= 15 is 0 Å². The summed E-state index contributed by atoms with van der Waals surface area (Å²) in [6.07, 6.45) is 1.77. The van der Waals surface area contributed by atoms with Crippen LogP contribution in [-0.2, 0) is 17.8 Å². The second-order valence-corrected chi connectivity index (χ2v) is 5.53. The third kappa shape index (κ3) is 3.63. The molecule has 2 aromatic rings. The Labute approximate surface area is 124 Å². The zero-order valence-corrected chi connectivity index (χ0v) is 12.5. The van der Waals surface area contributed by atoms with Gasteiger partial charge in [-0.25, -0.2) is 4.39 Å². The van der Waals surface area contributed by atoms with E-state index in [1.54, 1.807) is 31.3 Å². The molecule has 2 rings (SSSR count). The third-order valence-corrected chi connectivity index (χ3v) is 3.33. The summed E-state index contributed by atoms with van der Waals surface area (Å²) in [5.74, 6) is -0.434. The first-order chi connectivity index (χ1) is 9.45. The molecule has 0 saturated carbocycles. The van der Waals surface area contributed by atoms with Crippen LogP contribution in [0.2, 0.25) is 0 Å². The molecule has 1 aromatic heterocycles. The van der Waals surface area contributed by atoms with E-state index in [9.17, 15) is 14.0 Å². The fraction of sp³-hybridized carbons (Fsp3) is 0.200. The van der Waals surface area contributed by atoms with Crippen LogP contribution in [0.15, 0.2) is 45.8 Å². The van der Waals surface area contributed by atoms with E-state index < -0.39 is 0 Å². The zero-order chi connectivity index (χ0) is 14.7. The van der Waals surface area contributed by atoms with Crippen molar-refractivity contribution in [1.29, 1.82) is 0 Å². The van der Waals surface area contributed by atoms with E-state index in [2.05, 4.69) is 15.9 Å². The number of benzene rings is 1. The molecule has 1 aromatic carbocycles. The number of Topliss-reactive ketones (excluding diaryl/α,β-unsaturated/α-hetero) is 1. The number of hydrogen-bond donors (Lipinski definition) is 0. The number of carbonyl (C=O) groups is 1. The molecule has 0 aliphatic heterocycles. The lowest BCUT2D eigenvalue weighted by Crippen LogP contribution is -2.26. The lowest BCUT2D eigenvalue weighted by atomic mass is 10.1. The molecule has 0 atom stereocenters. The van der Waals surface area contributed by atoms with Gasteiger partial charge in [0.05, 0.1) is 6.54 Å². The zero-order valence-electron chi connectivity index (χ0n) is 10.9. The summed E-state index contributed by atoms with van der Waals surface area (Å²) in [6.45, 7) is 1.71. The normalized spacial score (nSPS) is 10.6. The smallest absolute Gasteiger partial charge is 0.253 e. The van der Waals surface area contributed by atoms with Crippen LogP contribution >= 0.6 is 15.9 Å². The van der Waals surface area contributed by atoms with Gasteiger partial charge in [-0.3, -0.25) is 9.59 Å². The van der Waals surface area contributed by atoms with Gasteiger partial charge in [0.1, 0.15) is 5.82 Å². The Morgan fingerprint density at radius 1 is 1.30 bits per heavy atom. The third-order valence-electron chi connectivity index (χ3n) is 2.89. The van der Waals surface area contributed by atoms with Crippen LogP contribution in [-0.4, -0.2) is 10.4 Å². The molecule has 0 amide bonds. The average Bonchev–Trinajstić information content (AvgIpc) is 2.38. The van der Waals surface area contributed by atoms with E-state index in [1.165, 1.54) is 16.7 Å². The molecule has 0 bridgehead atoms. The highest BCUT2D eigenvalue weighted by molar-refractivity contribution is 9.10. The van der Waals surface area contributed by atoms with Crippen molar-refractivity contribution in [2.24, 2.45) is 0 Å². The fourth-order valence-corrected chi connectivity index (χ4v) is 2.52. The molecule has 104 valence electrons. The minimum absolute atomic E-state index is 0.0104. The first-order valence-electron chi connectivity index (χ1n) is 6.08. The maximum atomic E-state index is 12.8. The lowest BCUT2D eigenvalue weighted by Gasteiger charge is -2.07. The Balaban J connectivity index is 2.12. The fourth-order valence-electron chi connectivity index (χ4n) is 1.93.